The molecule has 0 fully saturated rings. The van der Waals surface area contributed by atoms with Gasteiger partial charge in [0.25, 0.3) is 0 Å². The van der Waals surface area contributed by atoms with E-state index in [0.717, 1.165) is 10.0 Å². The zero-order chi connectivity index (χ0) is 10.1. The van der Waals surface area contributed by atoms with Gasteiger partial charge in [0.2, 0.25) is 0 Å². The molecule has 0 radical (unpaired) electrons. The maximum atomic E-state index is 8.95. The van der Waals surface area contributed by atoms with Gasteiger partial charge in [-0.25, -0.2) is 4.98 Å². The Morgan fingerprint density at radius 2 is 2.00 bits per heavy atom. The number of aliphatic hydroxyl groups excluding tert-OH is 1. The molecule has 0 saturated carbocycles. The van der Waals surface area contributed by atoms with E-state index in [1.54, 1.807) is 6.20 Å². The number of thiazole rings is 1. The predicted octanol–water partition coefficient (Wildman–Crippen LogP) is 2.04. The van der Waals surface area contributed by atoms with Crippen LogP contribution in [0.4, 0.5) is 0 Å². The highest BCUT2D eigenvalue weighted by atomic mass is 32.1. The molecule has 0 aliphatic carbocycles. The van der Waals surface area contributed by atoms with Crippen LogP contribution in [0.3, 0.4) is 0 Å². The first kappa shape index (κ1) is 9.43. The van der Waals surface area contributed by atoms with Crippen molar-refractivity contribution in [3.8, 4) is 5.13 Å². The number of hydrogen-bond acceptors (Lipinski definition) is 3. The molecule has 2 aromatic heterocycles. The van der Waals surface area contributed by atoms with Crippen LogP contribution in [0.1, 0.15) is 16.3 Å². The van der Waals surface area contributed by atoms with E-state index in [1.165, 1.54) is 22.7 Å². The number of rotatable bonds is 2. The van der Waals surface area contributed by atoms with E-state index in [9.17, 15) is 0 Å². The third-order valence-corrected chi connectivity index (χ3v) is 3.13. The Morgan fingerprint density at radius 1 is 1.36 bits per heavy atom. The Labute approximate surface area is 86.7 Å². The molecular formula is C10H12N2OS. The minimum absolute atomic E-state index is 0.0665. The normalized spacial score (nSPS) is 10.8. The maximum absolute atomic E-state index is 8.95. The molecule has 2 rings (SSSR count). The summed E-state index contributed by atoms with van der Waals surface area (Å²) in [6, 6.07) is 4.13. The monoisotopic (exact) mass is 208 g/mol. The van der Waals surface area contributed by atoms with Crippen LogP contribution in [-0.2, 0) is 6.61 Å². The van der Waals surface area contributed by atoms with E-state index in [1.807, 2.05) is 13.8 Å². The first-order chi connectivity index (χ1) is 6.72. The molecule has 0 saturated heterocycles. The van der Waals surface area contributed by atoms with Gasteiger partial charge in [0, 0.05) is 17.6 Å². The topological polar surface area (TPSA) is 38.0 Å². The molecule has 1 N–H and O–H groups in total. The van der Waals surface area contributed by atoms with Crippen molar-refractivity contribution in [2.24, 2.45) is 0 Å². The van der Waals surface area contributed by atoms with E-state index in [4.69, 9.17) is 5.11 Å². The van der Waals surface area contributed by atoms with Gasteiger partial charge in [0.15, 0.2) is 5.13 Å². The molecule has 14 heavy (non-hydrogen) atoms. The highest BCUT2D eigenvalue weighted by Crippen LogP contribution is 2.21. The van der Waals surface area contributed by atoms with E-state index in [2.05, 4.69) is 21.7 Å². The molecule has 3 nitrogen and oxygen atoms in total. The van der Waals surface area contributed by atoms with Gasteiger partial charge < -0.3 is 5.11 Å². The molecule has 0 aromatic carbocycles. The molecule has 0 bridgehead atoms. The highest BCUT2D eigenvalue weighted by molar-refractivity contribution is 7.14. The van der Waals surface area contributed by atoms with E-state index >= 15 is 0 Å². The van der Waals surface area contributed by atoms with Crippen molar-refractivity contribution in [3.05, 3.63) is 34.6 Å². The number of hydrogen-bond donors (Lipinski definition) is 1. The third kappa shape index (κ3) is 1.47. The molecule has 0 atom stereocenters. The van der Waals surface area contributed by atoms with Crippen LogP contribution in [-0.4, -0.2) is 14.7 Å². The van der Waals surface area contributed by atoms with Crippen LogP contribution in [0.25, 0.3) is 5.13 Å². The van der Waals surface area contributed by atoms with Gasteiger partial charge in [-0.05, 0) is 26.0 Å². The minimum Gasteiger partial charge on any atom is -0.391 e. The molecule has 74 valence electrons. The molecular weight excluding hydrogens is 196 g/mol. The van der Waals surface area contributed by atoms with Crippen molar-refractivity contribution in [2.75, 3.05) is 0 Å². The van der Waals surface area contributed by atoms with Gasteiger partial charge in [-0.15, -0.1) is 0 Å². The molecule has 2 aromatic rings. The van der Waals surface area contributed by atoms with E-state index in [-0.39, 0.29) is 6.61 Å². The molecule has 0 unspecified atom stereocenters. The van der Waals surface area contributed by atoms with Gasteiger partial charge in [-0.1, -0.05) is 11.3 Å². The SMILES string of the molecule is Cc1ccc(C)n1-c1ncc(CO)s1. The molecule has 2 heterocycles. The molecule has 0 aliphatic heterocycles. The summed E-state index contributed by atoms with van der Waals surface area (Å²) in [4.78, 5) is 5.17. The summed E-state index contributed by atoms with van der Waals surface area (Å²) >= 11 is 1.52. The predicted molar refractivity (Wildman–Crippen MR) is 56.8 cm³/mol. The van der Waals surface area contributed by atoms with Crippen molar-refractivity contribution < 1.29 is 5.11 Å². The number of nitrogens with zero attached hydrogens (tertiary/aromatic N) is 2. The summed E-state index contributed by atoms with van der Waals surface area (Å²) in [7, 11) is 0. The summed E-state index contributed by atoms with van der Waals surface area (Å²) in [5.41, 5.74) is 2.34. The zero-order valence-corrected chi connectivity index (χ0v) is 9.01. The minimum atomic E-state index is 0.0665. The van der Waals surface area contributed by atoms with E-state index in [0.29, 0.717) is 0 Å². The van der Waals surface area contributed by atoms with Crippen LogP contribution >= 0.6 is 11.3 Å². The second kappa shape index (κ2) is 3.55. The van der Waals surface area contributed by atoms with Gasteiger partial charge in [0.1, 0.15) is 0 Å². The lowest BCUT2D eigenvalue weighted by atomic mass is 10.5. The van der Waals surface area contributed by atoms with Crippen molar-refractivity contribution in [1.82, 2.24) is 9.55 Å². The van der Waals surface area contributed by atoms with Gasteiger partial charge in [-0.3, -0.25) is 4.57 Å². The molecule has 4 heteroatoms. The fourth-order valence-corrected chi connectivity index (χ4v) is 2.33. The van der Waals surface area contributed by atoms with Crippen LogP contribution in [0.15, 0.2) is 18.3 Å². The van der Waals surface area contributed by atoms with Crippen LogP contribution in [0.2, 0.25) is 0 Å². The lowest BCUT2D eigenvalue weighted by Gasteiger charge is -2.03. The van der Waals surface area contributed by atoms with Crippen molar-refractivity contribution in [1.29, 1.82) is 0 Å². The summed E-state index contributed by atoms with van der Waals surface area (Å²) in [5, 5.41) is 9.87. The lowest BCUT2D eigenvalue weighted by molar-refractivity contribution is 0.285. The average molecular weight is 208 g/mol. The Balaban J connectivity index is 2.48. The van der Waals surface area contributed by atoms with Crippen molar-refractivity contribution in [3.63, 3.8) is 0 Å². The van der Waals surface area contributed by atoms with Gasteiger partial charge in [-0.2, -0.15) is 0 Å². The fraction of sp³-hybridized carbons (Fsp3) is 0.300. The van der Waals surface area contributed by atoms with Crippen LogP contribution in [0.5, 0.6) is 0 Å². The molecule has 0 aliphatic rings. The molecule has 0 amide bonds. The maximum Gasteiger partial charge on any atom is 0.194 e. The first-order valence-corrected chi connectivity index (χ1v) is 5.25. The van der Waals surface area contributed by atoms with Gasteiger partial charge in [0.05, 0.1) is 11.5 Å². The Bertz CT molecular complexity index is 425. The third-order valence-electron chi connectivity index (χ3n) is 2.16. The average Bonchev–Trinajstić information content (AvgIpc) is 2.73. The number of aromatic nitrogens is 2. The quantitative estimate of drug-likeness (QED) is 0.820. The van der Waals surface area contributed by atoms with Crippen molar-refractivity contribution >= 4 is 11.3 Å². The number of aliphatic hydroxyl groups is 1. The fourth-order valence-electron chi connectivity index (χ4n) is 1.44. The van der Waals surface area contributed by atoms with Crippen molar-refractivity contribution in [2.45, 2.75) is 20.5 Å². The first-order valence-electron chi connectivity index (χ1n) is 4.43. The smallest absolute Gasteiger partial charge is 0.194 e. The molecule has 0 spiro atoms. The Kier molecular flexibility index (Phi) is 2.39. The van der Waals surface area contributed by atoms with Gasteiger partial charge >= 0.3 is 0 Å². The summed E-state index contributed by atoms with van der Waals surface area (Å²) in [6.07, 6.45) is 1.72. The second-order valence-electron chi connectivity index (χ2n) is 3.22. The standard InChI is InChI=1S/C10H12N2OS/c1-7-3-4-8(2)12(7)10-11-5-9(6-13)14-10/h3-5,13H,6H2,1-2H3. The largest absolute Gasteiger partial charge is 0.391 e. The zero-order valence-electron chi connectivity index (χ0n) is 8.19. The highest BCUT2D eigenvalue weighted by Gasteiger charge is 2.07. The number of aryl methyl sites for hydroxylation is 2. The summed E-state index contributed by atoms with van der Waals surface area (Å²) in [5.74, 6) is 0. The van der Waals surface area contributed by atoms with Crippen LogP contribution in [0, 0.1) is 13.8 Å². The summed E-state index contributed by atoms with van der Waals surface area (Å²) < 4.78 is 2.09. The Morgan fingerprint density at radius 3 is 2.50 bits per heavy atom. The second-order valence-corrected chi connectivity index (χ2v) is 4.31. The Hall–Kier alpha value is -1.13. The lowest BCUT2D eigenvalue weighted by Crippen LogP contribution is -1.96. The van der Waals surface area contributed by atoms with E-state index < -0.39 is 0 Å². The summed E-state index contributed by atoms with van der Waals surface area (Å²) in [6.45, 7) is 4.16. The van der Waals surface area contributed by atoms with Crippen LogP contribution < -0.4 is 0 Å².